The lowest BCUT2D eigenvalue weighted by Gasteiger charge is -2.01. The Morgan fingerprint density at radius 2 is 2.29 bits per heavy atom. The predicted octanol–water partition coefficient (Wildman–Crippen LogP) is 1.83. The van der Waals surface area contributed by atoms with Crippen LogP contribution in [0.3, 0.4) is 0 Å². The van der Waals surface area contributed by atoms with Gasteiger partial charge in [-0.25, -0.2) is 0 Å². The zero-order valence-corrected chi connectivity index (χ0v) is 4.17. The van der Waals surface area contributed by atoms with Gasteiger partial charge in [-0.3, -0.25) is 0 Å². The fraction of sp³-hybridized carbons (Fsp3) is 0.286. The zero-order chi connectivity index (χ0) is 5.11. The highest BCUT2D eigenvalue weighted by Crippen LogP contribution is 2.07. The van der Waals surface area contributed by atoms with E-state index in [0.717, 1.165) is 6.42 Å². The first-order valence-electron chi connectivity index (χ1n) is 2.48. The van der Waals surface area contributed by atoms with E-state index in [2.05, 4.69) is 6.08 Å². The van der Waals surface area contributed by atoms with Crippen molar-refractivity contribution in [2.75, 3.05) is 0 Å². The minimum absolute atomic E-state index is 0.269. The smallest absolute Gasteiger partial charge is 0.0161 e. The molecule has 1 atom stereocenters. The van der Waals surface area contributed by atoms with E-state index >= 15 is 0 Å². The average Bonchev–Trinajstić information content (AvgIpc) is 1.69. The van der Waals surface area contributed by atoms with Crippen molar-refractivity contribution >= 4 is 0 Å². The third-order valence-electron chi connectivity index (χ3n) is 1.01. The van der Waals surface area contributed by atoms with Gasteiger partial charge in [0.15, 0.2) is 0 Å². The maximum Gasteiger partial charge on any atom is -0.0161 e. The summed E-state index contributed by atoms with van der Waals surface area (Å²) in [6.45, 7) is 5.50. The quantitative estimate of drug-likeness (QED) is 0.427. The molecule has 0 saturated carbocycles. The van der Waals surface area contributed by atoms with Gasteiger partial charge in [-0.05, 0) is 19.3 Å². The molecule has 0 nitrogen and oxygen atoms in total. The molecule has 0 aromatic heterocycles. The number of rotatable bonds is 0. The van der Waals surface area contributed by atoms with E-state index in [0.29, 0.717) is 0 Å². The van der Waals surface area contributed by atoms with Crippen LogP contribution in [0.15, 0.2) is 24.3 Å². The molecule has 0 aromatic carbocycles. The molecule has 0 fully saturated rings. The maximum atomic E-state index is 5.50. The van der Waals surface area contributed by atoms with Gasteiger partial charge in [-0.15, -0.1) is 0 Å². The Morgan fingerprint density at radius 3 is 2.57 bits per heavy atom. The Balaban J connectivity index is 2.49. The van der Waals surface area contributed by atoms with Crippen molar-refractivity contribution < 1.29 is 0 Å². The molecule has 0 aromatic rings. The van der Waals surface area contributed by atoms with Crippen LogP contribution in [0.4, 0.5) is 0 Å². The van der Waals surface area contributed by atoms with Crippen LogP contribution in [0.25, 0.3) is 0 Å². The van der Waals surface area contributed by atoms with Gasteiger partial charge < -0.3 is 0 Å². The molecule has 0 saturated heterocycles. The molecule has 7 heavy (non-hydrogen) atoms. The lowest BCUT2D eigenvalue weighted by molar-refractivity contribution is 0.818. The second-order valence-corrected chi connectivity index (χ2v) is 1.71. The van der Waals surface area contributed by atoms with Crippen molar-refractivity contribution in [3.8, 4) is 0 Å². The molecule has 0 bridgehead atoms. The summed E-state index contributed by atoms with van der Waals surface area (Å²) in [5.41, 5.74) is 0. The fourth-order valence-corrected chi connectivity index (χ4v) is 0.600. The highest BCUT2D eigenvalue weighted by molar-refractivity contribution is 5.11. The Morgan fingerprint density at radius 1 is 1.43 bits per heavy atom. The van der Waals surface area contributed by atoms with Gasteiger partial charge in [0.25, 0.3) is 0 Å². The second-order valence-electron chi connectivity index (χ2n) is 1.71. The van der Waals surface area contributed by atoms with E-state index in [1.54, 1.807) is 0 Å². The van der Waals surface area contributed by atoms with E-state index in [4.69, 9.17) is 6.92 Å². The Labute approximate surface area is 44.5 Å². The summed E-state index contributed by atoms with van der Waals surface area (Å²) in [4.78, 5) is 0. The summed E-state index contributed by atoms with van der Waals surface area (Å²) in [6.07, 6.45) is 9.07. The minimum atomic E-state index is 0.269. The molecule has 1 rings (SSSR count). The Kier molecular flexibility index (Phi) is 1.30. The van der Waals surface area contributed by atoms with Crippen molar-refractivity contribution in [1.82, 2.24) is 0 Å². The van der Waals surface area contributed by atoms with Crippen molar-refractivity contribution in [3.05, 3.63) is 31.2 Å². The molecule has 2 radical (unpaired) electrons. The molecular weight excluding hydrogens is 84.1 g/mol. The molecule has 36 valence electrons. The van der Waals surface area contributed by atoms with Crippen LogP contribution in [0.5, 0.6) is 0 Å². The highest BCUT2D eigenvalue weighted by atomic mass is 14.0. The van der Waals surface area contributed by atoms with Crippen molar-refractivity contribution in [3.63, 3.8) is 0 Å². The van der Waals surface area contributed by atoms with Gasteiger partial charge in [0.05, 0.1) is 0 Å². The molecule has 0 spiro atoms. The largest absolute Gasteiger partial charge is 0.0840 e. The SMILES string of the molecule is [CH]C1C=CC=CC1. The van der Waals surface area contributed by atoms with Crippen LogP contribution < -0.4 is 0 Å². The average molecular weight is 92.1 g/mol. The fourth-order valence-electron chi connectivity index (χ4n) is 0.600. The molecule has 0 aliphatic heterocycles. The second kappa shape index (κ2) is 1.97. The van der Waals surface area contributed by atoms with Crippen LogP contribution in [-0.2, 0) is 0 Å². The summed E-state index contributed by atoms with van der Waals surface area (Å²) in [7, 11) is 0. The first-order valence-corrected chi connectivity index (χ1v) is 2.48. The van der Waals surface area contributed by atoms with Crippen LogP contribution >= 0.6 is 0 Å². The molecule has 1 aliphatic rings. The molecule has 1 unspecified atom stereocenters. The first kappa shape index (κ1) is 4.63. The Hall–Kier alpha value is -0.520. The number of hydrogen-bond acceptors (Lipinski definition) is 0. The summed E-state index contributed by atoms with van der Waals surface area (Å²) in [5.74, 6) is 0.269. The van der Waals surface area contributed by atoms with Gasteiger partial charge >= 0.3 is 0 Å². The number of allylic oxidation sites excluding steroid dienone is 4. The van der Waals surface area contributed by atoms with E-state index < -0.39 is 0 Å². The number of hydrogen-bond donors (Lipinski definition) is 0. The normalized spacial score (nSPS) is 28.4. The predicted molar refractivity (Wildman–Crippen MR) is 30.7 cm³/mol. The molecule has 0 N–H and O–H groups in total. The third-order valence-corrected chi connectivity index (χ3v) is 1.01. The van der Waals surface area contributed by atoms with E-state index in [1.165, 1.54) is 0 Å². The molecule has 0 heterocycles. The lowest BCUT2D eigenvalue weighted by Crippen LogP contribution is -1.88. The third kappa shape index (κ3) is 1.19. The van der Waals surface area contributed by atoms with Gasteiger partial charge in [0.2, 0.25) is 0 Å². The van der Waals surface area contributed by atoms with Crippen molar-refractivity contribution in [2.45, 2.75) is 6.42 Å². The van der Waals surface area contributed by atoms with Gasteiger partial charge in [-0.2, -0.15) is 0 Å². The van der Waals surface area contributed by atoms with Crippen molar-refractivity contribution in [1.29, 1.82) is 0 Å². The summed E-state index contributed by atoms with van der Waals surface area (Å²) >= 11 is 0. The summed E-state index contributed by atoms with van der Waals surface area (Å²) in [5, 5.41) is 0. The highest BCUT2D eigenvalue weighted by Gasteiger charge is 1.93. The standard InChI is InChI=1S/C7H8/c1-7-5-3-2-4-6-7/h1-5,7H,6H2. The van der Waals surface area contributed by atoms with Crippen molar-refractivity contribution in [2.24, 2.45) is 5.92 Å². The molecule has 0 heteroatoms. The van der Waals surface area contributed by atoms with Gasteiger partial charge in [-0.1, -0.05) is 24.3 Å². The zero-order valence-electron chi connectivity index (χ0n) is 4.17. The van der Waals surface area contributed by atoms with E-state index in [-0.39, 0.29) is 5.92 Å². The van der Waals surface area contributed by atoms with Crippen LogP contribution in [-0.4, -0.2) is 0 Å². The molecule has 0 amide bonds. The topological polar surface area (TPSA) is 0 Å². The maximum absolute atomic E-state index is 5.50. The lowest BCUT2D eigenvalue weighted by atomic mass is 10.0. The molecule has 1 aliphatic carbocycles. The van der Waals surface area contributed by atoms with Crippen LogP contribution in [0.1, 0.15) is 6.42 Å². The summed E-state index contributed by atoms with van der Waals surface area (Å²) in [6, 6.07) is 0. The van der Waals surface area contributed by atoms with Gasteiger partial charge in [0.1, 0.15) is 0 Å². The summed E-state index contributed by atoms with van der Waals surface area (Å²) < 4.78 is 0. The van der Waals surface area contributed by atoms with Crippen LogP contribution in [0, 0.1) is 12.8 Å². The minimum Gasteiger partial charge on any atom is -0.0840 e. The first-order chi connectivity index (χ1) is 3.39. The Bertz CT molecular complexity index is 98.6. The monoisotopic (exact) mass is 92.1 g/mol. The molecular formula is C7H8. The van der Waals surface area contributed by atoms with E-state index in [1.807, 2.05) is 18.2 Å². The van der Waals surface area contributed by atoms with E-state index in [9.17, 15) is 0 Å². The van der Waals surface area contributed by atoms with Crippen LogP contribution in [0.2, 0.25) is 0 Å². The van der Waals surface area contributed by atoms with Gasteiger partial charge in [0, 0.05) is 0 Å².